The van der Waals surface area contributed by atoms with E-state index in [4.69, 9.17) is 27.6 Å². The Bertz CT molecular complexity index is 1480. The molecular weight excluding hydrogens is 541 g/mol. The largest absolute Gasteiger partial charge is 0.503 e. The third kappa shape index (κ3) is 4.79. The summed E-state index contributed by atoms with van der Waals surface area (Å²) in [7, 11) is 0. The van der Waals surface area contributed by atoms with Crippen LogP contribution < -0.4 is 4.90 Å². The highest BCUT2D eigenvalue weighted by Gasteiger charge is 2.46. The first-order valence-corrected chi connectivity index (χ1v) is 13.2. The Morgan fingerprint density at radius 3 is 2.36 bits per heavy atom. The van der Waals surface area contributed by atoms with Crippen LogP contribution in [0.3, 0.4) is 0 Å². The Kier molecular flexibility index (Phi) is 6.90. The maximum Gasteiger partial charge on any atom is 0.296 e. The Morgan fingerprint density at radius 1 is 1.06 bits per heavy atom. The third-order valence-corrected chi connectivity index (χ3v) is 8.11. The summed E-state index contributed by atoms with van der Waals surface area (Å²) in [5.41, 5.74) is 1.54. The molecule has 5 rings (SSSR count). The molecular formula is C25H17Cl2N3O4S2. The first-order valence-electron chi connectivity index (χ1n) is 10.7. The van der Waals surface area contributed by atoms with E-state index in [2.05, 4.69) is 10.2 Å². The summed E-state index contributed by atoms with van der Waals surface area (Å²) in [4.78, 5) is 27.9. The maximum absolute atomic E-state index is 13.4. The van der Waals surface area contributed by atoms with Crippen molar-refractivity contribution in [3.05, 3.63) is 105 Å². The lowest BCUT2D eigenvalue weighted by molar-refractivity contribution is -0.117. The van der Waals surface area contributed by atoms with E-state index < -0.39 is 23.5 Å². The van der Waals surface area contributed by atoms with E-state index in [1.54, 1.807) is 37.3 Å². The van der Waals surface area contributed by atoms with Gasteiger partial charge in [0.05, 0.1) is 11.6 Å². The number of carbonyl (C=O) groups is 2. The van der Waals surface area contributed by atoms with E-state index in [1.807, 2.05) is 24.3 Å². The lowest BCUT2D eigenvalue weighted by Gasteiger charge is -2.23. The second kappa shape index (κ2) is 10.1. The van der Waals surface area contributed by atoms with Crippen LogP contribution in [0.25, 0.3) is 0 Å². The molecule has 182 valence electrons. The Hall–Kier alpha value is -3.11. The topological polar surface area (TPSA) is 96.5 Å². The first kappa shape index (κ1) is 24.6. The molecule has 0 saturated carbocycles. The van der Waals surface area contributed by atoms with Crippen molar-refractivity contribution in [3.63, 3.8) is 0 Å². The van der Waals surface area contributed by atoms with Crippen molar-refractivity contribution in [2.24, 2.45) is 0 Å². The molecule has 0 saturated heterocycles. The third-order valence-electron chi connectivity index (χ3n) is 5.48. The number of furan rings is 1. The molecule has 0 spiro atoms. The van der Waals surface area contributed by atoms with Crippen molar-refractivity contribution in [2.75, 3.05) is 4.90 Å². The predicted octanol–water partition coefficient (Wildman–Crippen LogP) is 6.82. The number of hydrogen-bond acceptors (Lipinski definition) is 8. The van der Waals surface area contributed by atoms with Gasteiger partial charge in [-0.2, -0.15) is 0 Å². The number of hydrogen-bond donors (Lipinski definition) is 1. The van der Waals surface area contributed by atoms with Crippen LogP contribution >= 0.6 is 46.3 Å². The normalized spacial score (nSPS) is 15.7. The van der Waals surface area contributed by atoms with Gasteiger partial charge in [-0.3, -0.25) is 14.5 Å². The molecule has 3 heterocycles. The molecule has 0 bridgehead atoms. The summed E-state index contributed by atoms with van der Waals surface area (Å²) < 4.78 is 6.12. The number of nitrogens with zero attached hydrogens (tertiary/aromatic N) is 3. The van der Waals surface area contributed by atoms with Crippen LogP contribution in [0, 0.1) is 6.92 Å². The van der Waals surface area contributed by atoms with Gasteiger partial charge in [-0.25, -0.2) is 0 Å². The quantitative estimate of drug-likeness (QED) is 0.151. The van der Waals surface area contributed by atoms with Crippen LogP contribution in [0.15, 0.2) is 80.8 Å². The maximum atomic E-state index is 13.4. The van der Waals surface area contributed by atoms with Crippen LogP contribution in [0.4, 0.5) is 5.13 Å². The molecule has 1 amide bonds. The molecule has 1 N–H and O–H groups in total. The Morgan fingerprint density at radius 2 is 1.72 bits per heavy atom. The van der Waals surface area contributed by atoms with E-state index in [-0.39, 0.29) is 16.5 Å². The fourth-order valence-corrected chi connectivity index (χ4v) is 5.84. The summed E-state index contributed by atoms with van der Waals surface area (Å²) >= 11 is 14.7. The number of benzene rings is 2. The van der Waals surface area contributed by atoms with Crippen LogP contribution in [-0.2, 0) is 10.5 Å². The van der Waals surface area contributed by atoms with Gasteiger partial charge in [0.1, 0.15) is 5.76 Å². The molecule has 0 fully saturated rings. The fraction of sp³-hybridized carbons (Fsp3) is 0.120. The summed E-state index contributed by atoms with van der Waals surface area (Å²) in [5, 5.41) is 20.7. The second-order valence-corrected chi connectivity index (χ2v) is 10.9. The van der Waals surface area contributed by atoms with Crippen molar-refractivity contribution in [3.8, 4) is 0 Å². The number of amides is 1. The zero-order valence-corrected chi connectivity index (χ0v) is 21.8. The smallest absolute Gasteiger partial charge is 0.296 e. The van der Waals surface area contributed by atoms with Gasteiger partial charge in [0.15, 0.2) is 15.9 Å². The minimum Gasteiger partial charge on any atom is -0.503 e. The number of aryl methyl sites for hydroxylation is 1. The van der Waals surface area contributed by atoms with E-state index >= 15 is 0 Å². The van der Waals surface area contributed by atoms with Gasteiger partial charge in [0.2, 0.25) is 10.9 Å². The van der Waals surface area contributed by atoms with Crippen molar-refractivity contribution in [2.45, 2.75) is 23.1 Å². The van der Waals surface area contributed by atoms with Crippen LogP contribution in [0.2, 0.25) is 10.0 Å². The average Bonchev–Trinajstić information content (AvgIpc) is 3.58. The summed E-state index contributed by atoms with van der Waals surface area (Å²) in [6.45, 7) is 1.71. The molecule has 2 aromatic carbocycles. The van der Waals surface area contributed by atoms with Crippen LogP contribution in [0.5, 0.6) is 0 Å². The number of anilines is 1. The van der Waals surface area contributed by atoms with Gasteiger partial charge in [0, 0.05) is 15.8 Å². The van der Waals surface area contributed by atoms with Gasteiger partial charge in [-0.1, -0.05) is 70.6 Å². The standard InChI is InChI=1S/C25H17Cl2N3O4S2/c1-13-2-11-18(34-13)21(31)19-20(15-5-9-17(27)10-6-15)30(23(33)22(19)32)24-28-29-25(36-24)35-12-14-3-7-16(26)8-4-14/h2-11,20,32H,12H2,1H3. The Labute approximate surface area is 224 Å². The molecule has 0 aliphatic carbocycles. The van der Waals surface area contributed by atoms with E-state index in [1.165, 1.54) is 34.1 Å². The van der Waals surface area contributed by atoms with Crippen molar-refractivity contribution >= 4 is 63.1 Å². The number of thioether (sulfide) groups is 1. The molecule has 1 aliphatic heterocycles. The van der Waals surface area contributed by atoms with E-state index in [9.17, 15) is 14.7 Å². The Balaban J connectivity index is 1.48. The molecule has 1 unspecified atom stereocenters. The van der Waals surface area contributed by atoms with Gasteiger partial charge in [0.25, 0.3) is 5.91 Å². The zero-order valence-electron chi connectivity index (χ0n) is 18.6. The molecule has 2 aromatic heterocycles. The fourth-order valence-electron chi connectivity index (χ4n) is 3.77. The minimum atomic E-state index is -0.935. The van der Waals surface area contributed by atoms with Crippen LogP contribution in [-0.4, -0.2) is 27.0 Å². The summed E-state index contributed by atoms with van der Waals surface area (Å²) in [6.07, 6.45) is 0. The number of Topliss-reactive ketones (excluding diaryl/α,β-unsaturated/α-hetero) is 1. The van der Waals surface area contributed by atoms with Crippen LogP contribution in [0.1, 0.15) is 33.5 Å². The lowest BCUT2D eigenvalue weighted by Crippen LogP contribution is -2.31. The number of rotatable bonds is 7. The number of carbonyl (C=O) groups excluding carboxylic acids is 2. The molecule has 1 aliphatic rings. The van der Waals surface area contributed by atoms with Crippen molar-refractivity contribution in [1.29, 1.82) is 0 Å². The molecule has 0 radical (unpaired) electrons. The SMILES string of the molecule is Cc1ccc(C(=O)C2=C(O)C(=O)N(c3nnc(SCc4ccc(Cl)cc4)s3)C2c2ccc(Cl)cc2)o1. The lowest BCUT2D eigenvalue weighted by atomic mass is 9.95. The van der Waals surface area contributed by atoms with Crippen molar-refractivity contribution in [1.82, 2.24) is 10.2 Å². The number of aliphatic hydroxyl groups is 1. The number of aliphatic hydroxyl groups excluding tert-OH is 1. The molecule has 4 aromatic rings. The highest BCUT2D eigenvalue weighted by molar-refractivity contribution is 8.00. The van der Waals surface area contributed by atoms with Gasteiger partial charge >= 0.3 is 0 Å². The first-order chi connectivity index (χ1) is 17.3. The molecule has 7 nitrogen and oxygen atoms in total. The van der Waals surface area contributed by atoms with Gasteiger partial charge in [-0.15, -0.1) is 10.2 Å². The molecule has 36 heavy (non-hydrogen) atoms. The number of halogens is 2. The highest BCUT2D eigenvalue weighted by atomic mass is 35.5. The second-order valence-electron chi connectivity index (χ2n) is 7.90. The number of aromatic nitrogens is 2. The average molecular weight is 558 g/mol. The van der Waals surface area contributed by atoms with E-state index in [0.29, 0.717) is 31.5 Å². The zero-order chi connectivity index (χ0) is 25.4. The van der Waals surface area contributed by atoms with Gasteiger partial charge in [-0.05, 0) is 54.4 Å². The molecule has 11 heteroatoms. The molecule has 1 atom stereocenters. The highest BCUT2D eigenvalue weighted by Crippen LogP contribution is 2.44. The van der Waals surface area contributed by atoms with E-state index in [0.717, 1.165) is 5.56 Å². The van der Waals surface area contributed by atoms with Crippen molar-refractivity contribution < 1.29 is 19.1 Å². The summed E-state index contributed by atoms with van der Waals surface area (Å²) in [5.74, 6) is -0.788. The van der Waals surface area contributed by atoms with Gasteiger partial charge < -0.3 is 9.52 Å². The summed E-state index contributed by atoms with van der Waals surface area (Å²) in [6, 6.07) is 16.4. The minimum absolute atomic E-state index is 0.0270. The predicted molar refractivity (Wildman–Crippen MR) is 140 cm³/mol. The monoisotopic (exact) mass is 557 g/mol. The number of ketones is 1.